The number of fused-ring (bicyclic) bond motifs is 1. The molecule has 0 spiro atoms. The Morgan fingerprint density at radius 1 is 0.753 bits per heavy atom. The molecule has 1 saturated heterocycles. The van der Waals surface area contributed by atoms with Crippen molar-refractivity contribution in [2.75, 3.05) is 87.7 Å². The number of hydrogen-bond acceptors (Lipinski definition) is 15. The number of benzene rings is 2. The van der Waals surface area contributed by atoms with Gasteiger partial charge in [0.15, 0.2) is 5.78 Å². The van der Waals surface area contributed by atoms with E-state index in [2.05, 4.69) is 31.0 Å². The van der Waals surface area contributed by atoms with E-state index in [-0.39, 0.29) is 79.1 Å². The van der Waals surface area contributed by atoms with Crippen LogP contribution in [0.25, 0.3) is 0 Å². The Kier molecular flexibility index (Phi) is 26.0. The lowest BCUT2D eigenvalue weighted by atomic mass is 9.83. The number of nitrogens with zero attached hydrogens (tertiary/aromatic N) is 5. The number of hydroxylamine groups is 2. The fourth-order valence-electron chi connectivity index (χ4n) is 11.0. The minimum Gasteiger partial charge on any atom is -0.379 e. The van der Waals surface area contributed by atoms with Crippen LogP contribution in [0.5, 0.6) is 0 Å². The van der Waals surface area contributed by atoms with Crippen LogP contribution in [0.1, 0.15) is 124 Å². The second kappa shape index (κ2) is 31.7. The number of thiazole rings is 1. The molecule has 0 radical (unpaired) electrons. The number of aromatic nitrogens is 1. The minimum absolute atomic E-state index is 0.0191. The first-order valence-corrected chi connectivity index (χ1v) is 28.5. The lowest BCUT2D eigenvalue weighted by molar-refractivity contribution is -0.149. The molecule has 18 heteroatoms. The number of amides is 4. The Morgan fingerprint density at radius 3 is 1.92 bits per heavy atom. The average Bonchev–Trinajstić information content (AvgIpc) is 4.19. The third-order valence-electron chi connectivity index (χ3n) is 15.4. The van der Waals surface area contributed by atoms with Crippen LogP contribution in [0.4, 0.5) is 0 Å². The Hall–Kier alpha value is -4.79. The summed E-state index contributed by atoms with van der Waals surface area (Å²) in [5.74, 6) is -2.55. The molecule has 0 bridgehead atoms. The molecule has 5 rings (SSSR count). The van der Waals surface area contributed by atoms with Gasteiger partial charge in [-0.25, -0.2) is 4.98 Å². The maximum Gasteiger partial charge on any atom is 0.285 e. The number of carbonyl (C=O) groups is 6. The average molecular weight is 1090 g/mol. The summed E-state index contributed by atoms with van der Waals surface area (Å²) in [6.07, 6.45) is 3.96. The molecule has 0 saturated carbocycles. The first kappa shape index (κ1) is 63.0. The number of imide groups is 1. The molecule has 4 amide bonds. The molecule has 0 unspecified atom stereocenters. The highest BCUT2D eigenvalue weighted by atomic mass is 32.1. The number of likely N-dealkylation sites (tertiary alicyclic amines) is 1. The predicted molar refractivity (Wildman–Crippen MR) is 295 cm³/mol. The Bertz CT molecular complexity index is 2280. The molecule has 9 atom stereocenters. The van der Waals surface area contributed by atoms with Crippen LogP contribution in [0.3, 0.4) is 0 Å². The van der Waals surface area contributed by atoms with E-state index in [1.807, 2.05) is 75.0 Å². The van der Waals surface area contributed by atoms with Crippen molar-refractivity contribution < 1.29 is 57.3 Å². The van der Waals surface area contributed by atoms with Gasteiger partial charge in [-0.1, -0.05) is 97.4 Å². The molecule has 2 aromatic carbocycles. The Labute approximate surface area is 461 Å². The third-order valence-corrected chi connectivity index (χ3v) is 16.4. The number of Topliss-reactive ketones (excluding diaryl/α,β-unsaturated/α-hetero) is 2. The van der Waals surface area contributed by atoms with E-state index in [1.54, 1.807) is 68.0 Å². The fraction of sp³-hybridized carbons (Fsp3) is 0.644. The molecule has 426 valence electrons. The zero-order valence-corrected chi connectivity index (χ0v) is 48.4. The van der Waals surface area contributed by atoms with Crippen molar-refractivity contribution in [1.82, 2.24) is 24.7 Å². The topological polar surface area (TPSA) is 184 Å². The van der Waals surface area contributed by atoms with Gasteiger partial charge < -0.3 is 33.5 Å². The summed E-state index contributed by atoms with van der Waals surface area (Å²) in [7, 11) is 6.89. The van der Waals surface area contributed by atoms with Crippen molar-refractivity contribution >= 4 is 46.5 Å². The molecular weight excluding hydrogens is 1000 g/mol. The van der Waals surface area contributed by atoms with Crippen molar-refractivity contribution in [2.45, 2.75) is 130 Å². The fourth-order valence-corrected chi connectivity index (χ4v) is 11.8. The van der Waals surface area contributed by atoms with Crippen LogP contribution in [0.15, 0.2) is 66.2 Å². The van der Waals surface area contributed by atoms with E-state index in [0.717, 1.165) is 28.5 Å². The zero-order valence-electron chi connectivity index (χ0n) is 47.6. The van der Waals surface area contributed by atoms with Crippen LogP contribution in [-0.2, 0) is 54.1 Å². The first-order valence-electron chi connectivity index (χ1n) is 27.6. The van der Waals surface area contributed by atoms with Crippen molar-refractivity contribution in [3.8, 4) is 0 Å². The number of hydrogen-bond donors (Lipinski definition) is 0. The van der Waals surface area contributed by atoms with Crippen LogP contribution in [0, 0.1) is 29.6 Å². The van der Waals surface area contributed by atoms with E-state index in [0.29, 0.717) is 76.5 Å². The molecule has 3 aromatic rings. The summed E-state index contributed by atoms with van der Waals surface area (Å²) in [6.45, 7) is 16.9. The third kappa shape index (κ3) is 17.4. The number of carbonyl (C=O) groups excluding carboxylic acids is 6. The van der Waals surface area contributed by atoms with Crippen LogP contribution in [0.2, 0.25) is 0 Å². The largest absolute Gasteiger partial charge is 0.379 e. The molecule has 2 aliphatic heterocycles. The number of methoxy groups -OCH3 is 2. The lowest BCUT2D eigenvalue weighted by Crippen LogP contribution is -2.54. The summed E-state index contributed by atoms with van der Waals surface area (Å²) in [5.41, 5.74) is 1.78. The second-order valence-corrected chi connectivity index (χ2v) is 22.3. The van der Waals surface area contributed by atoms with Gasteiger partial charge in [-0.15, -0.1) is 16.4 Å². The SMILES string of the molecule is CC[C@H](C)[C@@H]([C@@H](CC(=O)N1CCC[C@H]1[C@H](OC)[C@@H](C)C(=O)C[C@@H](Cc1ccccc1)c1nccs1)OC)N(C)C(=O)[C@@H](CC(=O)[C@H](C(C)C)N(C)CCOCCOCCOCCON1C(=O)c2ccccc2C1=O)C(C)C. The molecule has 77 heavy (non-hydrogen) atoms. The summed E-state index contributed by atoms with van der Waals surface area (Å²) >= 11 is 1.56. The van der Waals surface area contributed by atoms with Gasteiger partial charge in [0.25, 0.3) is 11.8 Å². The van der Waals surface area contributed by atoms with Gasteiger partial charge >= 0.3 is 0 Å². The van der Waals surface area contributed by atoms with Gasteiger partial charge in [-0.2, -0.15) is 0 Å². The van der Waals surface area contributed by atoms with Gasteiger partial charge in [-0.05, 0) is 61.8 Å². The van der Waals surface area contributed by atoms with Gasteiger partial charge in [0.05, 0.1) is 99.1 Å². The number of likely N-dealkylation sites (N-methyl/N-ethyl adjacent to an activating group) is 2. The van der Waals surface area contributed by atoms with Gasteiger partial charge in [0, 0.05) is 76.5 Å². The van der Waals surface area contributed by atoms with Crippen molar-refractivity contribution in [3.05, 3.63) is 87.9 Å². The molecule has 1 aromatic heterocycles. The normalized spacial score (nSPS) is 17.9. The molecule has 2 aliphatic rings. The highest BCUT2D eigenvalue weighted by Gasteiger charge is 2.44. The van der Waals surface area contributed by atoms with Crippen molar-refractivity contribution in [2.24, 2.45) is 29.6 Å². The van der Waals surface area contributed by atoms with E-state index in [9.17, 15) is 28.8 Å². The molecule has 0 N–H and O–H groups in total. The summed E-state index contributed by atoms with van der Waals surface area (Å²) in [4.78, 5) is 98.2. The molecule has 1 fully saturated rings. The highest BCUT2D eigenvalue weighted by Crippen LogP contribution is 2.34. The van der Waals surface area contributed by atoms with E-state index >= 15 is 0 Å². The summed E-state index contributed by atoms with van der Waals surface area (Å²) in [5, 5.41) is 3.63. The summed E-state index contributed by atoms with van der Waals surface area (Å²) in [6, 6.07) is 15.5. The van der Waals surface area contributed by atoms with Crippen molar-refractivity contribution in [1.29, 1.82) is 0 Å². The number of rotatable bonds is 36. The summed E-state index contributed by atoms with van der Waals surface area (Å²) < 4.78 is 29.3. The van der Waals surface area contributed by atoms with E-state index in [1.165, 1.54) is 0 Å². The molecule has 0 aliphatic carbocycles. The standard InChI is InChI=1S/C59H87N5O12S/c1-12-41(6)54(51(71-10)38-52(67)63-25-18-23-48(63)55(72-11)42(7)49(65)36-44(56-60-24-34-77-56)35-43-19-14-13-15-20-43)62(9)57(68)47(39(2)3)37-50(66)53(40(4)5)61(8)26-27-73-28-29-74-30-31-75-32-33-76-64-58(69)45-21-16-17-22-46(45)59(64)70/h13-17,19-22,24,34,39-42,44,47-48,51,53-55H,12,18,23,25-33,35-38H2,1-11H3/t41-,42-,44+,47-,48-,51+,53-,54-,55+/m0/s1. The van der Waals surface area contributed by atoms with Gasteiger partial charge in [-0.3, -0.25) is 38.5 Å². The first-order chi connectivity index (χ1) is 36.9. The van der Waals surface area contributed by atoms with Crippen LogP contribution < -0.4 is 0 Å². The predicted octanol–water partition coefficient (Wildman–Crippen LogP) is 7.81. The second-order valence-electron chi connectivity index (χ2n) is 21.3. The number of ether oxygens (including phenoxy) is 5. The maximum atomic E-state index is 14.8. The zero-order chi connectivity index (χ0) is 56.2. The Morgan fingerprint density at radius 2 is 1.36 bits per heavy atom. The highest BCUT2D eigenvalue weighted by molar-refractivity contribution is 7.09. The van der Waals surface area contributed by atoms with Crippen molar-refractivity contribution in [3.63, 3.8) is 0 Å². The number of ketones is 2. The molecule has 3 heterocycles. The van der Waals surface area contributed by atoms with Crippen LogP contribution in [-0.4, -0.2) is 178 Å². The van der Waals surface area contributed by atoms with Crippen LogP contribution >= 0.6 is 11.3 Å². The van der Waals surface area contributed by atoms with Gasteiger partial charge in [0.1, 0.15) is 5.78 Å². The Balaban J connectivity index is 1.09. The molecular formula is C59H87N5O12S. The molecule has 17 nitrogen and oxygen atoms in total. The minimum atomic E-state index is -0.630. The monoisotopic (exact) mass is 1090 g/mol. The van der Waals surface area contributed by atoms with E-state index < -0.39 is 47.9 Å². The smallest absolute Gasteiger partial charge is 0.285 e. The van der Waals surface area contributed by atoms with E-state index in [4.69, 9.17) is 28.5 Å². The lowest BCUT2D eigenvalue weighted by Gasteiger charge is -2.41. The quantitative estimate of drug-likeness (QED) is 0.0406. The van der Waals surface area contributed by atoms with Gasteiger partial charge in [0.2, 0.25) is 11.8 Å². The maximum absolute atomic E-state index is 14.8.